The number of rotatable bonds is 7. The first-order chi connectivity index (χ1) is 14.7. The van der Waals surface area contributed by atoms with Gasteiger partial charge in [-0.25, -0.2) is 4.98 Å². The van der Waals surface area contributed by atoms with Gasteiger partial charge in [-0.1, -0.05) is 30.3 Å². The molecule has 1 fully saturated rings. The number of amides is 1. The molecule has 1 amide bonds. The molecule has 1 aromatic heterocycles. The number of hydrogen-bond donors (Lipinski definition) is 1. The number of anilines is 1. The first-order valence-electron chi connectivity index (χ1n) is 10.5. The van der Waals surface area contributed by atoms with E-state index in [1.807, 2.05) is 30.3 Å². The Bertz CT molecular complexity index is 1010. The number of ether oxygens (including phenoxy) is 1. The van der Waals surface area contributed by atoms with Gasteiger partial charge >= 0.3 is 0 Å². The number of fused-ring (bicyclic) bond motifs is 1. The summed E-state index contributed by atoms with van der Waals surface area (Å²) < 4.78 is 5.74. The molecule has 5 nitrogen and oxygen atoms in total. The van der Waals surface area contributed by atoms with Gasteiger partial charge in [0.2, 0.25) is 0 Å². The third-order valence-electron chi connectivity index (χ3n) is 5.58. The summed E-state index contributed by atoms with van der Waals surface area (Å²) in [7, 11) is 0. The van der Waals surface area contributed by atoms with Gasteiger partial charge in [0.25, 0.3) is 5.91 Å². The molecule has 0 unspecified atom stereocenters. The van der Waals surface area contributed by atoms with Crippen molar-refractivity contribution in [3.63, 3.8) is 0 Å². The van der Waals surface area contributed by atoms with Crippen LogP contribution in [0.25, 0.3) is 0 Å². The second kappa shape index (κ2) is 8.58. The normalized spacial score (nSPS) is 16.1. The highest BCUT2D eigenvalue weighted by atomic mass is 32.1. The molecule has 30 heavy (non-hydrogen) atoms. The van der Waals surface area contributed by atoms with Crippen molar-refractivity contribution in [1.82, 2.24) is 9.88 Å². The molecule has 1 saturated carbocycles. The SMILES string of the molecule is O=C(Nc1nc2c(s1)CN(Cc1ccccc1)CC2)c1ccc(OCC2CC2)cc1. The van der Waals surface area contributed by atoms with Crippen LogP contribution in [0.3, 0.4) is 0 Å². The fraction of sp³-hybridized carbons (Fsp3) is 0.333. The van der Waals surface area contributed by atoms with Crippen LogP contribution in [-0.4, -0.2) is 28.9 Å². The van der Waals surface area contributed by atoms with Crippen LogP contribution < -0.4 is 10.1 Å². The molecule has 1 aliphatic carbocycles. The number of thiazole rings is 1. The number of benzene rings is 2. The van der Waals surface area contributed by atoms with Crippen molar-refractivity contribution in [3.8, 4) is 5.75 Å². The standard InChI is InChI=1S/C24H25N3O2S/c28-23(19-8-10-20(11-9-19)29-16-18-6-7-18)26-24-25-21-12-13-27(15-22(21)30-24)14-17-4-2-1-3-5-17/h1-5,8-11,18H,6-7,12-16H2,(H,25,26,28). The molecule has 1 N–H and O–H groups in total. The van der Waals surface area contributed by atoms with Crippen LogP contribution in [0.4, 0.5) is 5.13 Å². The van der Waals surface area contributed by atoms with E-state index in [0.29, 0.717) is 16.6 Å². The van der Waals surface area contributed by atoms with Gasteiger partial charge in [0, 0.05) is 36.5 Å². The van der Waals surface area contributed by atoms with Gasteiger partial charge in [-0.3, -0.25) is 15.0 Å². The summed E-state index contributed by atoms with van der Waals surface area (Å²) in [6.07, 6.45) is 3.45. The summed E-state index contributed by atoms with van der Waals surface area (Å²) in [5, 5.41) is 3.65. The Hall–Kier alpha value is -2.70. The van der Waals surface area contributed by atoms with E-state index >= 15 is 0 Å². The third-order valence-corrected chi connectivity index (χ3v) is 6.58. The van der Waals surface area contributed by atoms with Crippen LogP contribution in [-0.2, 0) is 19.5 Å². The van der Waals surface area contributed by atoms with E-state index < -0.39 is 0 Å². The molecule has 5 rings (SSSR count). The lowest BCUT2D eigenvalue weighted by Gasteiger charge is -2.25. The Morgan fingerprint density at radius 1 is 1.13 bits per heavy atom. The largest absolute Gasteiger partial charge is 0.493 e. The van der Waals surface area contributed by atoms with Crippen molar-refractivity contribution < 1.29 is 9.53 Å². The number of hydrogen-bond acceptors (Lipinski definition) is 5. The maximum absolute atomic E-state index is 12.6. The average Bonchev–Trinajstić information content (AvgIpc) is 3.52. The van der Waals surface area contributed by atoms with Gasteiger partial charge in [0.1, 0.15) is 5.75 Å². The van der Waals surface area contributed by atoms with E-state index in [-0.39, 0.29) is 5.91 Å². The van der Waals surface area contributed by atoms with Gasteiger partial charge < -0.3 is 4.74 Å². The molecule has 0 bridgehead atoms. The predicted octanol–water partition coefficient (Wildman–Crippen LogP) is 4.74. The number of nitrogens with one attached hydrogen (secondary N) is 1. The molecular weight excluding hydrogens is 394 g/mol. The predicted molar refractivity (Wildman–Crippen MR) is 119 cm³/mol. The summed E-state index contributed by atoms with van der Waals surface area (Å²) in [5.74, 6) is 1.41. The van der Waals surface area contributed by atoms with E-state index in [1.54, 1.807) is 11.3 Å². The number of nitrogens with zero attached hydrogens (tertiary/aromatic N) is 2. The molecule has 1 aliphatic heterocycles. The van der Waals surface area contributed by atoms with E-state index in [4.69, 9.17) is 4.74 Å². The number of aromatic nitrogens is 1. The average molecular weight is 420 g/mol. The fourth-order valence-corrected chi connectivity index (χ4v) is 4.69. The van der Waals surface area contributed by atoms with Gasteiger partial charge in [0.15, 0.2) is 5.13 Å². The van der Waals surface area contributed by atoms with Crippen molar-refractivity contribution >= 4 is 22.4 Å². The Labute approximate surface area is 180 Å². The van der Waals surface area contributed by atoms with Crippen LogP contribution in [0.15, 0.2) is 54.6 Å². The lowest BCUT2D eigenvalue weighted by atomic mass is 10.1. The Morgan fingerprint density at radius 3 is 2.70 bits per heavy atom. The van der Waals surface area contributed by atoms with Crippen molar-refractivity contribution in [1.29, 1.82) is 0 Å². The topological polar surface area (TPSA) is 54.5 Å². The second-order valence-corrected chi connectivity index (χ2v) is 9.15. The molecule has 6 heteroatoms. The minimum atomic E-state index is -0.129. The lowest BCUT2D eigenvalue weighted by Crippen LogP contribution is -2.29. The van der Waals surface area contributed by atoms with Crippen molar-refractivity contribution in [3.05, 3.63) is 76.3 Å². The van der Waals surface area contributed by atoms with Crippen molar-refractivity contribution in [2.75, 3.05) is 18.5 Å². The highest BCUT2D eigenvalue weighted by molar-refractivity contribution is 7.15. The van der Waals surface area contributed by atoms with Crippen molar-refractivity contribution in [2.45, 2.75) is 32.4 Å². The summed E-state index contributed by atoms with van der Waals surface area (Å²) in [5.41, 5.74) is 3.06. The zero-order valence-corrected chi connectivity index (χ0v) is 17.7. The molecule has 0 spiro atoms. The van der Waals surface area contributed by atoms with Crippen molar-refractivity contribution in [2.24, 2.45) is 5.92 Å². The molecule has 0 saturated heterocycles. The summed E-state index contributed by atoms with van der Waals surface area (Å²) in [6, 6.07) is 17.9. The highest BCUT2D eigenvalue weighted by Gasteiger charge is 2.23. The van der Waals surface area contributed by atoms with E-state index in [0.717, 1.165) is 44.1 Å². The zero-order chi connectivity index (χ0) is 20.3. The van der Waals surface area contributed by atoms with Crippen LogP contribution in [0, 0.1) is 5.92 Å². The summed E-state index contributed by atoms with van der Waals surface area (Å²) in [6.45, 7) is 3.58. The Balaban J connectivity index is 1.18. The molecule has 154 valence electrons. The Kier molecular flexibility index (Phi) is 5.51. The van der Waals surface area contributed by atoms with Crippen LogP contribution in [0.5, 0.6) is 5.75 Å². The number of carbonyl (C=O) groups is 1. The molecule has 0 radical (unpaired) electrons. The van der Waals surface area contributed by atoms with Gasteiger partial charge in [-0.15, -0.1) is 11.3 Å². The summed E-state index contributed by atoms with van der Waals surface area (Å²) in [4.78, 5) is 21.0. The molecule has 2 aliphatic rings. The van der Waals surface area contributed by atoms with Crippen LogP contribution in [0.1, 0.15) is 39.3 Å². The maximum atomic E-state index is 12.6. The monoisotopic (exact) mass is 419 g/mol. The minimum absolute atomic E-state index is 0.129. The molecule has 2 heterocycles. The molecular formula is C24H25N3O2S. The van der Waals surface area contributed by atoms with Crippen LogP contribution in [0.2, 0.25) is 0 Å². The van der Waals surface area contributed by atoms with E-state index in [1.165, 1.54) is 23.3 Å². The van der Waals surface area contributed by atoms with Gasteiger partial charge in [0.05, 0.1) is 12.3 Å². The fourth-order valence-electron chi connectivity index (χ4n) is 3.65. The van der Waals surface area contributed by atoms with E-state index in [2.05, 4.69) is 39.5 Å². The first-order valence-corrected chi connectivity index (χ1v) is 11.3. The quantitative estimate of drug-likeness (QED) is 0.601. The zero-order valence-electron chi connectivity index (χ0n) is 16.8. The van der Waals surface area contributed by atoms with Crippen LogP contribution >= 0.6 is 11.3 Å². The molecule has 2 aromatic carbocycles. The summed E-state index contributed by atoms with van der Waals surface area (Å²) >= 11 is 1.58. The highest BCUT2D eigenvalue weighted by Crippen LogP contribution is 2.30. The first kappa shape index (κ1) is 19.3. The molecule has 0 atom stereocenters. The number of carbonyl (C=O) groups excluding carboxylic acids is 1. The third kappa shape index (κ3) is 4.71. The molecule has 3 aromatic rings. The smallest absolute Gasteiger partial charge is 0.257 e. The Morgan fingerprint density at radius 2 is 1.93 bits per heavy atom. The second-order valence-electron chi connectivity index (χ2n) is 8.07. The minimum Gasteiger partial charge on any atom is -0.493 e. The maximum Gasteiger partial charge on any atom is 0.257 e. The lowest BCUT2D eigenvalue weighted by molar-refractivity contribution is 0.102. The van der Waals surface area contributed by atoms with Gasteiger partial charge in [-0.2, -0.15) is 0 Å². The van der Waals surface area contributed by atoms with E-state index in [9.17, 15) is 4.79 Å². The van der Waals surface area contributed by atoms with Gasteiger partial charge in [-0.05, 0) is 48.6 Å².